The maximum atomic E-state index is 13.2. The van der Waals surface area contributed by atoms with Crippen molar-refractivity contribution < 1.29 is 0 Å². The first-order valence-corrected chi connectivity index (χ1v) is 10.0. The van der Waals surface area contributed by atoms with E-state index in [-0.39, 0.29) is 5.56 Å². The predicted octanol–water partition coefficient (Wildman–Crippen LogP) is 5.98. The largest absolute Gasteiger partial charge is 0.268 e. The van der Waals surface area contributed by atoms with E-state index in [0.29, 0.717) is 37.5 Å². The van der Waals surface area contributed by atoms with Crippen LogP contribution in [0, 0.1) is 0 Å². The number of para-hydroxylation sites is 1. The summed E-state index contributed by atoms with van der Waals surface area (Å²) in [5, 5.41) is 2.44. The Balaban J connectivity index is 1.84. The van der Waals surface area contributed by atoms with Crippen LogP contribution in [-0.2, 0) is 5.75 Å². The summed E-state index contributed by atoms with van der Waals surface area (Å²) >= 11 is 13.7. The van der Waals surface area contributed by atoms with Crippen LogP contribution < -0.4 is 5.56 Å². The maximum absolute atomic E-state index is 13.2. The number of aromatic nitrogens is 2. The van der Waals surface area contributed by atoms with Crippen LogP contribution in [0.4, 0.5) is 0 Å². The molecule has 4 aromatic rings. The summed E-state index contributed by atoms with van der Waals surface area (Å²) in [6, 6.07) is 22.3. The molecule has 0 amide bonds. The SMILES string of the molecule is O=c1c2ccccc2nc(SCc2cccc(Cl)c2)n1-c1cccc(Cl)c1. The van der Waals surface area contributed by atoms with Gasteiger partial charge in [-0.05, 0) is 48.0 Å². The highest BCUT2D eigenvalue weighted by molar-refractivity contribution is 7.98. The van der Waals surface area contributed by atoms with Crippen molar-refractivity contribution in [2.45, 2.75) is 10.9 Å². The second-order valence-electron chi connectivity index (χ2n) is 5.95. The molecule has 0 aliphatic carbocycles. The van der Waals surface area contributed by atoms with Crippen molar-refractivity contribution in [1.82, 2.24) is 9.55 Å². The molecule has 6 heteroatoms. The lowest BCUT2D eigenvalue weighted by atomic mass is 10.2. The van der Waals surface area contributed by atoms with Gasteiger partial charge in [0, 0.05) is 15.8 Å². The Morgan fingerprint density at radius 2 is 1.63 bits per heavy atom. The van der Waals surface area contributed by atoms with Gasteiger partial charge in [0.25, 0.3) is 5.56 Å². The molecule has 0 fully saturated rings. The van der Waals surface area contributed by atoms with Gasteiger partial charge in [-0.2, -0.15) is 0 Å². The van der Waals surface area contributed by atoms with Gasteiger partial charge in [-0.25, -0.2) is 4.98 Å². The third-order valence-corrected chi connectivity index (χ3v) is 5.55. The zero-order valence-electron chi connectivity index (χ0n) is 14.1. The lowest BCUT2D eigenvalue weighted by Gasteiger charge is -2.13. The number of hydrogen-bond acceptors (Lipinski definition) is 3. The molecular weight excluding hydrogens is 399 g/mol. The van der Waals surface area contributed by atoms with E-state index in [1.807, 2.05) is 54.6 Å². The first-order valence-electron chi connectivity index (χ1n) is 8.27. The Morgan fingerprint density at radius 3 is 2.41 bits per heavy atom. The molecule has 3 nitrogen and oxygen atoms in total. The highest BCUT2D eigenvalue weighted by atomic mass is 35.5. The zero-order chi connectivity index (χ0) is 18.8. The first-order chi connectivity index (χ1) is 13.1. The van der Waals surface area contributed by atoms with Crippen molar-refractivity contribution in [3.63, 3.8) is 0 Å². The van der Waals surface area contributed by atoms with E-state index in [4.69, 9.17) is 28.2 Å². The molecule has 0 aliphatic rings. The van der Waals surface area contributed by atoms with E-state index >= 15 is 0 Å². The van der Waals surface area contributed by atoms with Crippen LogP contribution in [0.2, 0.25) is 10.0 Å². The van der Waals surface area contributed by atoms with Gasteiger partial charge in [-0.3, -0.25) is 9.36 Å². The first kappa shape index (κ1) is 18.1. The molecule has 4 rings (SSSR count). The summed E-state index contributed by atoms with van der Waals surface area (Å²) in [6.45, 7) is 0. The fourth-order valence-electron chi connectivity index (χ4n) is 2.83. The highest BCUT2D eigenvalue weighted by Gasteiger charge is 2.13. The second-order valence-corrected chi connectivity index (χ2v) is 7.77. The minimum Gasteiger partial charge on any atom is -0.268 e. The van der Waals surface area contributed by atoms with Crippen molar-refractivity contribution >= 4 is 45.9 Å². The molecule has 1 heterocycles. The Labute approximate surface area is 170 Å². The van der Waals surface area contributed by atoms with E-state index in [1.54, 1.807) is 22.8 Å². The van der Waals surface area contributed by atoms with E-state index in [9.17, 15) is 4.79 Å². The van der Waals surface area contributed by atoms with Crippen LogP contribution in [0.15, 0.2) is 82.7 Å². The minimum absolute atomic E-state index is 0.114. The highest BCUT2D eigenvalue weighted by Crippen LogP contribution is 2.26. The zero-order valence-corrected chi connectivity index (χ0v) is 16.4. The van der Waals surface area contributed by atoms with Gasteiger partial charge in [0.2, 0.25) is 0 Å². The molecule has 0 saturated carbocycles. The van der Waals surface area contributed by atoms with Gasteiger partial charge < -0.3 is 0 Å². The summed E-state index contributed by atoms with van der Waals surface area (Å²) in [6.07, 6.45) is 0. The molecule has 1 aromatic heterocycles. The monoisotopic (exact) mass is 412 g/mol. The molecule has 0 aliphatic heterocycles. The van der Waals surface area contributed by atoms with E-state index in [1.165, 1.54) is 11.8 Å². The lowest BCUT2D eigenvalue weighted by Crippen LogP contribution is -2.21. The third kappa shape index (κ3) is 3.88. The lowest BCUT2D eigenvalue weighted by molar-refractivity contribution is 0.819. The molecule has 134 valence electrons. The number of nitrogens with zero attached hydrogens (tertiary/aromatic N) is 2. The smallest absolute Gasteiger partial charge is 0.266 e. The Bertz CT molecular complexity index is 1190. The minimum atomic E-state index is -0.114. The fraction of sp³-hybridized carbons (Fsp3) is 0.0476. The standard InChI is InChI=1S/C21H14Cl2N2OS/c22-15-6-3-5-14(11-15)13-27-21-24-19-10-2-1-9-18(19)20(26)25(21)17-8-4-7-16(23)12-17/h1-12H,13H2. The van der Waals surface area contributed by atoms with E-state index < -0.39 is 0 Å². The Morgan fingerprint density at radius 1 is 0.889 bits per heavy atom. The summed E-state index contributed by atoms with van der Waals surface area (Å²) in [7, 11) is 0. The van der Waals surface area contributed by atoms with Crippen molar-refractivity contribution in [1.29, 1.82) is 0 Å². The number of hydrogen-bond donors (Lipinski definition) is 0. The van der Waals surface area contributed by atoms with E-state index in [2.05, 4.69) is 0 Å². The predicted molar refractivity (Wildman–Crippen MR) is 113 cm³/mol. The number of benzene rings is 3. The number of halogens is 2. The molecule has 3 aromatic carbocycles. The van der Waals surface area contributed by atoms with Crippen molar-refractivity contribution in [2.24, 2.45) is 0 Å². The molecule has 0 saturated heterocycles. The second kappa shape index (κ2) is 7.77. The molecular formula is C21H14Cl2N2OS. The topological polar surface area (TPSA) is 34.9 Å². The van der Waals surface area contributed by atoms with Crippen molar-refractivity contribution in [3.05, 3.63) is 98.8 Å². The van der Waals surface area contributed by atoms with E-state index in [0.717, 1.165) is 5.56 Å². The summed E-state index contributed by atoms with van der Waals surface area (Å²) < 4.78 is 1.61. The normalized spacial score (nSPS) is 11.0. The Kier molecular flexibility index (Phi) is 5.21. The van der Waals surface area contributed by atoms with Gasteiger partial charge in [0.15, 0.2) is 5.16 Å². The molecule has 27 heavy (non-hydrogen) atoms. The van der Waals surface area contributed by atoms with Crippen LogP contribution in [0.5, 0.6) is 0 Å². The molecule has 0 N–H and O–H groups in total. The quantitative estimate of drug-likeness (QED) is 0.305. The van der Waals surface area contributed by atoms with Gasteiger partial charge in [0.1, 0.15) is 0 Å². The molecule has 0 bridgehead atoms. The molecule has 0 radical (unpaired) electrons. The third-order valence-electron chi connectivity index (χ3n) is 4.07. The number of rotatable bonds is 4. The van der Waals surface area contributed by atoms with Crippen molar-refractivity contribution in [2.75, 3.05) is 0 Å². The van der Waals surface area contributed by atoms with Crippen LogP contribution in [0.3, 0.4) is 0 Å². The van der Waals surface area contributed by atoms with Gasteiger partial charge in [0.05, 0.1) is 16.6 Å². The summed E-state index contributed by atoms with van der Waals surface area (Å²) in [5.41, 5.74) is 2.32. The van der Waals surface area contributed by atoms with Gasteiger partial charge in [-0.1, -0.05) is 65.3 Å². The maximum Gasteiger partial charge on any atom is 0.266 e. The van der Waals surface area contributed by atoms with Crippen LogP contribution in [0.1, 0.15) is 5.56 Å². The fourth-order valence-corrected chi connectivity index (χ4v) is 4.18. The molecule has 0 unspecified atom stereocenters. The van der Waals surface area contributed by atoms with Crippen LogP contribution in [-0.4, -0.2) is 9.55 Å². The van der Waals surface area contributed by atoms with Crippen LogP contribution >= 0.6 is 35.0 Å². The Hall–Kier alpha value is -2.27. The summed E-state index contributed by atoms with van der Waals surface area (Å²) in [4.78, 5) is 17.9. The van der Waals surface area contributed by atoms with Gasteiger partial charge in [-0.15, -0.1) is 0 Å². The average Bonchev–Trinajstić information content (AvgIpc) is 2.66. The van der Waals surface area contributed by atoms with Crippen molar-refractivity contribution in [3.8, 4) is 5.69 Å². The molecule has 0 atom stereocenters. The summed E-state index contributed by atoms with van der Waals surface area (Å²) in [5.74, 6) is 0.645. The number of fused-ring (bicyclic) bond motifs is 1. The molecule has 0 spiro atoms. The van der Waals surface area contributed by atoms with Crippen LogP contribution in [0.25, 0.3) is 16.6 Å². The number of thioether (sulfide) groups is 1. The van der Waals surface area contributed by atoms with Gasteiger partial charge >= 0.3 is 0 Å². The average molecular weight is 413 g/mol.